The van der Waals surface area contributed by atoms with Gasteiger partial charge in [0.25, 0.3) is 0 Å². The fourth-order valence-electron chi connectivity index (χ4n) is 2.53. The quantitative estimate of drug-likeness (QED) is 0.682. The summed E-state index contributed by atoms with van der Waals surface area (Å²) in [6.45, 7) is 3.91. The minimum atomic E-state index is -3.62. The number of hydrogen-bond acceptors (Lipinski definition) is 6. The standard InChI is InChI=1S/C18H20N4O3S2/c1-12-4-5-15(6-13(12)2)20-17(23)11-27(24,25)10-16-9-26-18(21-16)14-7-19-22(3)8-14/h4-9H,10-11H2,1-3H3,(H,20,23). The van der Waals surface area contributed by atoms with Gasteiger partial charge in [-0.25, -0.2) is 13.4 Å². The van der Waals surface area contributed by atoms with E-state index in [1.54, 1.807) is 29.4 Å². The summed E-state index contributed by atoms with van der Waals surface area (Å²) in [7, 11) is -1.82. The molecule has 9 heteroatoms. The largest absolute Gasteiger partial charge is 0.325 e. The Morgan fingerprint density at radius 1 is 1.26 bits per heavy atom. The third-order valence-corrected chi connectivity index (χ3v) is 6.39. The van der Waals surface area contributed by atoms with Crippen LogP contribution in [0.1, 0.15) is 16.8 Å². The molecule has 0 fully saturated rings. The topological polar surface area (TPSA) is 94.0 Å². The first-order valence-electron chi connectivity index (χ1n) is 8.23. The zero-order valence-corrected chi connectivity index (χ0v) is 16.9. The molecule has 27 heavy (non-hydrogen) atoms. The first-order valence-corrected chi connectivity index (χ1v) is 10.9. The zero-order chi connectivity index (χ0) is 19.6. The number of carbonyl (C=O) groups excluding carboxylic acids is 1. The molecule has 1 aromatic carbocycles. The SMILES string of the molecule is Cc1ccc(NC(=O)CS(=O)(=O)Cc2csc(-c3cnn(C)c3)n2)cc1C. The zero-order valence-electron chi connectivity index (χ0n) is 15.3. The Morgan fingerprint density at radius 3 is 2.70 bits per heavy atom. The van der Waals surface area contributed by atoms with Crippen molar-refractivity contribution in [2.24, 2.45) is 7.05 Å². The predicted molar refractivity (Wildman–Crippen MR) is 106 cm³/mol. The fourth-order valence-corrected chi connectivity index (χ4v) is 4.60. The molecule has 142 valence electrons. The Kier molecular flexibility index (Phi) is 5.43. The number of aromatic nitrogens is 3. The van der Waals surface area contributed by atoms with Crippen LogP contribution in [-0.2, 0) is 27.4 Å². The highest BCUT2D eigenvalue weighted by molar-refractivity contribution is 7.91. The van der Waals surface area contributed by atoms with Crippen molar-refractivity contribution in [3.8, 4) is 10.6 Å². The number of nitrogens with zero attached hydrogens (tertiary/aromatic N) is 3. The van der Waals surface area contributed by atoms with Crippen LogP contribution in [-0.4, -0.2) is 34.8 Å². The van der Waals surface area contributed by atoms with Gasteiger partial charge in [-0.05, 0) is 37.1 Å². The second-order valence-corrected chi connectivity index (χ2v) is 9.35. The van der Waals surface area contributed by atoms with Gasteiger partial charge in [0, 0.05) is 29.9 Å². The van der Waals surface area contributed by atoms with Crippen molar-refractivity contribution in [1.82, 2.24) is 14.8 Å². The highest BCUT2D eigenvalue weighted by Crippen LogP contribution is 2.24. The van der Waals surface area contributed by atoms with E-state index < -0.39 is 21.5 Å². The number of anilines is 1. The van der Waals surface area contributed by atoms with Crippen molar-refractivity contribution in [1.29, 1.82) is 0 Å². The lowest BCUT2D eigenvalue weighted by Crippen LogP contribution is -2.24. The van der Waals surface area contributed by atoms with Gasteiger partial charge < -0.3 is 5.32 Å². The number of hydrogen-bond donors (Lipinski definition) is 1. The molecule has 7 nitrogen and oxygen atoms in total. The predicted octanol–water partition coefficient (Wildman–Crippen LogP) is 2.71. The van der Waals surface area contributed by atoms with E-state index in [0.717, 1.165) is 16.7 Å². The number of rotatable bonds is 6. The second kappa shape index (κ2) is 7.61. The van der Waals surface area contributed by atoms with Crippen molar-refractivity contribution in [2.75, 3.05) is 11.1 Å². The molecule has 2 heterocycles. The smallest absolute Gasteiger partial charge is 0.239 e. The molecule has 0 spiro atoms. The molecule has 0 saturated carbocycles. The second-order valence-electron chi connectivity index (χ2n) is 6.43. The van der Waals surface area contributed by atoms with Crippen molar-refractivity contribution in [3.05, 3.63) is 52.8 Å². The van der Waals surface area contributed by atoms with E-state index in [9.17, 15) is 13.2 Å². The number of thiazole rings is 1. The van der Waals surface area contributed by atoms with Crippen LogP contribution in [0.5, 0.6) is 0 Å². The first kappa shape index (κ1) is 19.2. The van der Waals surface area contributed by atoms with Crippen LogP contribution >= 0.6 is 11.3 Å². The van der Waals surface area contributed by atoms with E-state index in [1.807, 2.05) is 32.2 Å². The molecule has 2 aromatic heterocycles. The summed E-state index contributed by atoms with van der Waals surface area (Å²) in [6, 6.07) is 5.46. The van der Waals surface area contributed by atoms with Crippen LogP contribution in [0.3, 0.4) is 0 Å². The average molecular weight is 405 g/mol. The maximum atomic E-state index is 12.4. The van der Waals surface area contributed by atoms with Gasteiger partial charge in [-0.15, -0.1) is 11.3 Å². The molecule has 3 aromatic rings. The Balaban J connectivity index is 1.63. The number of amides is 1. The molecule has 0 atom stereocenters. The molecule has 1 amide bonds. The van der Waals surface area contributed by atoms with Crippen molar-refractivity contribution in [2.45, 2.75) is 19.6 Å². The number of carbonyl (C=O) groups is 1. The summed E-state index contributed by atoms with van der Waals surface area (Å²) >= 11 is 1.35. The van der Waals surface area contributed by atoms with Gasteiger partial charge in [0.1, 0.15) is 10.8 Å². The van der Waals surface area contributed by atoms with Crippen LogP contribution in [0.15, 0.2) is 36.0 Å². The molecule has 0 bridgehead atoms. The number of aryl methyl sites for hydroxylation is 3. The molecule has 3 rings (SSSR count). The van der Waals surface area contributed by atoms with Gasteiger partial charge in [0.2, 0.25) is 5.91 Å². The molecular formula is C18H20N4O3S2. The van der Waals surface area contributed by atoms with Gasteiger partial charge in [-0.1, -0.05) is 6.07 Å². The summed E-state index contributed by atoms with van der Waals surface area (Å²) in [5.74, 6) is -1.41. The van der Waals surface area contributed by atoms with Gasteiger partial charge in [-0.2, -0.15) is 5.10 Å². The molecule has 0 aliphatic rings. The third-order valence-electron chi connectivity index (χ3n) is 4.01. The lowest BCUT2D eigenvalue weighted by molar-refractivity contribution is -0.113. The van der Waals surface area contributed by atoms with E-state index in [4.69, 9.17) is 0 Å². The lowest BCUT2D eigenvalue weighted by Gasteiger charge is -2.08. The molecule has 0 radical (unpaired) electrons. The van der Waals surface area contributed by atoms with E-state index in [-0.39, 0.29) is 5.75 Å². The average Bonchev–Trinajstić information content (AvgIpc) is 3.18. The Hall–Kier alpha value is -2.52. The van der Waals surface area contributed by atoms with Crippen molar-refractivity contribution in [3.63, 3.8) is 0 Å². The number of nitrogens with one attached hydrogen (secondary N) is 1. The van der Waals surface area contributed by atoms with E-state index in [2.05, 4.69) is 15.4 Å². The van der Waals surface area contributed by atoms with Gasteiger partial charge in [0.15, 0.2) is 9.84 Å². The minimum absolute atomic E-state index is 0.274. The summed E-state index contributed by atoms with van der Waals surface area (Å²) in [5, 5.41) is 9.12. The van der Waals surface area contributed by atoms with E-state index in [0.29, 0.717) is 16.4 Å². The summed E-state index contributed by atoms with van der Waals surface area (Å²) in [6.07, 6.45) is 3.49. The Bertz CT molecular complexity index is 1080. The molecule has 1 N–H and O–H groups in total. The summed E-state index contributed by atoms with van der Waals surface area (Å²) < 4.78 is 26.4. The molecule has 0 aliphatic carbocycles. The normalized spacial score (nSPS) is 11.5. The maximum Gasteiger partial charge on any atom is 0.239 e. The molecule has 0 aliphatic heterocycles. The van der Waals surface area contributed by atoms with E-state index in [1.165, 1.54) is 11.3 Å². The maximum absolute atomic E-state index is 12.4. The van der Waals surface area contributed by atoms with Crippen molar-refractivity contribution >= 4 is 32.8 Å². The van der Waals surface area contributed by atoms with Gasteiger partial charge in [-0.3, -0.25) is 9.48 Å². The molecule has 0 unspecified atom stereocenters. The van der Waals surface area contributed by atoms with Crippen LogP contribution in [0.2, 0.25) is 0 Å². The lowest BCUT2D eigenvalue weighted by atomic mass is 10.1. The summed E-state index contributed by atoms with van der Waals surface area (Å²) in [5.41, 5.74) is 3.98. The number of benzene rings is 1. The molecule has 0 saturated heterocycles. The van der Waals surface area contributed by atoms with Crippen LogP contribution in [0.4, 0.5) is 5.69 Å². The van der Waals surface area contributed by atoms with Crippen molar-refractivity contribution < 1.29 is 13.2 Å². The highest BCUT2D eigenvalue weighted by atomic mass is 32.2. The number of sulfone groups is 1. The Morgan fingerprint density at radius 2 is 2.04 bits per heavy atom. The van der Waals surface area contributed by atoms with Crippen LogP contribution in [0, 0.1) is 13.8 Å². The highest BCUT2D eigenvalue weighted by Gasteiger charge is 2.20. The van der Waals surface area contributed by atoms with Gasteiger partial charge >= 0.3 is 0 Å². The van der Waals surface area contributed by atoms with Gasteiger partial charge in [0.05, 0.1) is 17.6 Å². The third kappa shape index (κ3) is 5.01. The monoisotopic (exact) mass is 404 g/mol. The van der Waals surface area contributed by atoms with Crippen LogP contribution in [0.25, 0.3) is 10.6 Å². The minimum Gasteiger partial charge on any atom is -0.325 e. The van der Waals surface area contributed by atoms with Crippen LogP contribution < -0.4 is 5.32 Å². The van der Waals surface area contributed by atoms with E-state index >= 15 is 0 Å². The molecular weight excluding hydrogens is 384 g/mol. The Labute approximate surface area is 162 Å². The fraction of sp³-hybridized carbons (Fsp3) is 0.278. The first-order chi connectivity index (χ1) is 12.7. The summed E-state index contributed by atoms with van der Waals surface area (Å²) in [4.78, 5) is 16.5.